The van der Waals surface area contributed by atoms with Crippen LogP contribution in [-0.2, 0) is 11.2 Å². The van der Waals surface area contributed by atoms with Crippen LogP contribution >= 0.6 is 0 Å². The van der Waals surface area contributed by atoms with Crippen molar-refractivity contribution in [3.8, 4) is 11.5 Å². The highest BCUT2D eigenvalue weighted by molar-refractivity contribution is 6.02. The molecule has 3 aromatic carbocycles. The summed E-state index contributed by atoms with van der Waals surface area (Å²) in [5.74, 6) is 0.383. The molecule has 0 spiro atoms. The molecule has 5 heteroatoms. The van der Waals surface area contributed by atoms with Crippen molar-refractivity contribution in [2.24, 2.45) is 5.10 Å². The number of hydrogen-bond donors (Lipinski definition) is 2. The van der Waals surface area contributed by atoms with Crippen LogP contribution in [0.5, 0.6) is 11.5 Å². The van der Waals surface area contributed by atoms with Crippen molar-refractivity contribution in [1.82, 2.24) is 5.43 Å². The number of phenolic OH excluding ortho intramolecular Hbond substituents is 1. The lowest BCUT2D eigenvalue weighted by molar-refractivity contribution is -0.123. The zero-order chi connectivity index (χ0) is 19.8. The molecule has 3 rings (SSSR count). The fourth-order valence-electron chi connectivity index (χ4n) is 2.90. The van der Waals surface area contributed by atoms with Crippen molar-refractivity contribution in [2.45, 2.75) is 26.2 Å². The zero-order valence-corrected chi connectivity index (χ0v) is 15.9. The standard InChI is InChI=1S/C23H24N2O3/c1-2-3-6-17-9-12-19(13-10-17)28-16-23(27)25-24-15-21-20-8-5-4-7-18(20)11-14-22(21)26/h4-5,7-15,26H,2-3,6,16H2,1H3,(H,25,27)/b24-15-. The average molecular weight is 376 g/mol. The van der Waals surface area contributed by atoms with Crippen LogP contribution in [0.3, 0.4) is 0 Å². The van der Waals surface area contributed by atoms with Gasteiger partial charge in [-0.05, 0) is 47.4 Å². The summed E-state index contributed by atoms with van der Waals surface area (Å²) in [4.78, 5) is 12.0. The lowest BCUT2D eigenvalue weighted by Crippen LogP contribution is -2.24. The van der Waals surface area contributed by atoms with Crippen molar-refractivity contribution >= 4 is 22.9 Å². The molecule has 0 aliphatic heterocycles. The highest BCUT2D eigenvalue weighted by atomic mass is 16.5. The van der Waals surface area contributed by atoms with E-state index in [1.54, 1.807) is 6.07 Å². The van der Waals surface area contributed by atoms with Crippen molar-refractivity contribution in [3.05, 3.63) is 71.8 Å². The van der Waals surface area contributed by atoms with E-state index in [1.807, 2.05) is 54.6 Å². The van der Waals surface area contributed by atoms with Crippen molar-refractivity contribution in [2.75, 3.05) is 6.61 Å². The Morgan fingerprint density at radius 3 is 2.68 bits per heavy atom. The molecule has 0 unspecified atom stereocenters. The summed E-state index contributed by atoms with van der Waals surface area (Å²) in [6, 6.07) is 18.9. The Morgan fingerprint density at radius 1 is 1.11 bits per heavy atom. The Labute approximate surface area is 164 Å². The van der Waals surface area contributed by atoms with E-state index in [-0.39, 0.29) is 18.3 Å². The summed E-state index contributed by atoms with van der Waals surface area (Å²) in [6.45, 7) is 2.04. The van der Waals surface area contributed by atoms with Crippen LogP contribution < -0.4 is 10.2 Å². The third kappa shape index (κ3) is 5.10. The molecule has 2 N–H and O–H groups in total. The Morgan fingerprint density at radius 2 is 1.89 bits per heavy atom. The number of phenols is 1. The van der Waals surface area contributed by atoms with Gasteiger partial charge in [0.1, 0.15) is 11.5 Å². The van der Waals surface area contributed by atoms with Crippen LogP contribution in [-0.4, -0.2) is 23.8 Å². The number of amides is 1. The summed E-state index contributed by atoms with van der Waals surface area (Å²) in [6.07, 6.45) is 4.81. The van der Waals surface area contributed by atoms with Crippen molar-refractivity contribution in [3.63, 3.8) is 0 Å². The molecule has 144 valence electrons. The quantitative estimate of drug-likeness (QED) is 0.452. The summed E-state index contributed by atoms with van der Waals surface area (Å²) in [5, 5.41) is 15.9. The van der Waals surface area contributed by atoms with Crippen LogP contribution in [0.1, 0.15) is 30.9 Å². The highest BCUT2D eigenvalue weighted by Gasteiger charge is 2.05. The first-order valence-electron chi connectivity index (χ1n) is 9.41. The largest absolute Gasteiger partial charge is 0.507 e. The van der Waals surface area contributed by atoms with Crippen LogP contribution in [0, 0.1) is 0 Å². The smallest absolute Gasteiger partial charge is 0.277 e. The summed E-state index contributed by atoms with van der Waals surface area (Å²) >= 11 is 0. The van der Waals surface area contributed by atoms with Gasteiger partial charge < -0.3 is 9.84 Å². The highest BCUT2D eigenvalue weighted by Crippen LogP contribution is 2.25. The molecule has 0 aliphatic rings. The van der Waals surface area contributed by atoms with Gasteiger partial charge in [-0.2, -0.15) is 5.10 Å². The lowest BCUT2D eigenvalue weighted by atomic mass is 10.0. The van der Waals surface area contributed by atoms with Crippen LogP contribution in [0.4, 0.5) is 0 Å². The molecular weight excluding hydrogens is 352 g/mol. The average Bonchev–Trinajstić information content (AvgIpc) is 2.73. The minimum absolute atomic E-state index is 0.108. The third-order valence-electron chi connectivity index (χ3n) is 4.44. The summed E-state index contributed by atoms with van der Waals surface area (Å²) < 4.78 is 5.49. The fraction of sp³-hybridized carbons (Fsp3) is 0.217. The topological polar surface area (TPSA) is 70.9 Å². The van der Waals surface area contributed by atoms with Gasteiger partial charge in [-0.25, -0.2) is 5.43 Å². The van der Waals surface area contributed by atoms with E-state index in [9.17, 15) is 9.90 Å². The van der Waals surface area contributed by atoms with E-state index < -0.39 is 0 Å². The number of nitrogens with zero attached hydrogens (tertiary/aromatic N) is 1. The number of unbranched alkanes of at least 4 members (excludes halogenated alkanes) is 1. The van der Waals surface area contributed by atoms with E-state index in [1.165, 1.54) is 11.8 Å². The number of aryl methyl sites for hydroxylation is 1. The van der Waals surface area contributed by atoms with Gasteiger partial charge in [-0.3, -0.25) is 4.79 Å². The van der Waals surface area contributed by atoms with Gasteiger partial charge in [0.25, 0.3) is 5.91 Å². The van der Waals surface area contributed by atoms with E-state index in [0.717, 1.165) is 30.0 Å². The van der Waals surface area contributed by atoms with Crippen LogP contribution in [0.25, 0.3) is 10.8 Å². The molecule has 5 nitrogen and oxygen atoms in total. The summed E-state index contributed by atoms with van der Waals surface area (Å²) in [5.41, 5.74) is 4.25. The molecule has 0 saturated carbocycles. The van der Waals surface area contributed by atoms with E-state index in [0.29, 0.717) is 11.3 Å². The number of aromatic hydroxyl groups is 1. The second-order valence-corrected chi connectivity index (χ2v) is 6.55. The summed E-state index contributed by atoms with van der Waals surface area (Å²) in [7, 11) is 0. The lowest BCUT2D eigenvalue weighted by Gasteiger charge is -2.07. The second kappa shape index (κ2) is 9.55. The molecule has 3 aromatic rings. The fourth-order valence-corrected chi connectivity index (χ4v) is 2.90. The molecular formula is C23H24N2O3. The first-order chi connectivity index (χ1) is 13.7. The van der Waals surface area contributed by atoms with Crippen molar-refractivity contribution < 1.29 is 14.6 Å². The Kier molecular flexibility index (Phi) is 6.63. The maximum Gasteiger partial charge on any atom is 0.277 e. The van der Waals surface area contributed by atoms with Gasteiger partial charge in [-0.1, -0.05) is 55.8 Å². The van der Waals surface area contributed by atoms with Gasteiger partial charge in [0.15, 0.2) is 6.61 Å². The monoisotopic (exact) mass is 376 g/mol. The minimum atomic E-state index is -0.369. The maximum atomic E-state index is 12.0. The third-order valence-corrected chi connectivity index (χ3v) is 4.44. The SMILES string of the molecule is CCCCc1ccc(OCC(=O)N/N=C\c2c(O)ccc3ccccc23)cc1. The van der Waals surface area contributed by atoms with E-state index >= 15 is 0 Å². The number of carbonyl (C=O) groups is 1. The first kappa shape index (κ1) is 19.4. The second-order valence-electron chi connectivity index (χ2n) is 6.55. The van der Waals surface area contributed by atoms with Crippen molar-refractivity contribution in [1.29, 1.82) is 0 Å². The Hall–Kier alpha value is -3.34. The van der Waals surface area contributed by atoms with Gasteiger partial charge in [0, 0.05) is 5.56 Å². The van der Waals surface area contributed by atoms with Gasteiger partial charge in [0.05, 0.1) is 6.21 Å². The molecule has 0 aromatic heterocycles. The molecule has 0 heterocycles. The number of fused-ring (bicyclic) bond motifs is 1. The molecule has 0 fully saturated rings. The maximum absolute atomic E-state index is 12.0. The molecule has 0 saturated heterocycles. The number of ether oxygens (including phenoxy) is 1. The molecule has 1 amide bonds. The van der Waals surface area contributed by atoms with Gasteiger partial charge >= 0.3 is 0 Å². The Bertz CT molecular complexity index is 965. The van der Waals surface area contributed by atoms with Crippen LogP contribution in [0.2, 0.25) is 0 Å². The van der Waals surface area contributed by atoms with Crippen LogP contribution in [0.15, 0.2) is 65.8 Å². The number of hydrazone groups is 1. The van der Waals surface area contributed by atoms with E-state index in [2.05, 4.69) is 17.5 Å². The number of carbonyl (C=O) groups excluding carboxylic acids is 1. The number of nitrogens with one attached hydrogen (secondary N) is 1. The predicted molar refractivity (Wildman–Crippen MR) is 112 cm³/mol. The molecule has 0 radical (unpaired) electrons. The molecule has 0 aliphatic carbocycles. The minimum Gasteiger partial charge on any atom is -0.507 e. The molecule has 0 bridgehead atoms. The van der Waals surface area contributed by atoms with Gasteiger partial charge in [-0.15, -0.1) is 0 Å². The van der Waals surface area contributed by atoms with E-state index in [4.69, 9.17) is 4.74 Å². The normalized spacial score (nSPS) is 11.0. The number of benzene rings is 3. The predicted octanol–water partition coefficient (Wildman–Crippen LogP) is 4.42. The number of rotatable bonds is 8. The van der Waals surface area contributed by atoms with Gasteiger partial charge in [0.2, 0.25) is 0 Å². The first-order valence-corrected chi connectivity index (χ1v) is 9.41. The zero-order valence-electron chi connectivity index (χ0n) is 15.9. The molecule has 28 heavy (non-hydrogen) atoms. The molecule has 0 atom stereocenters. The number of hydrogen-bond acceptors (Lipinski definition) is 4. The Balaban J connectivity index is 1.54.